The molecule has 388 valence electrons. The Hall–Kier alpha value is -10.0. The summed E-state index contributed by atoms with van der Waals surface area (Å²) in [6, 6.07) is 85.1. The Morgan fingerprint density at radius 3 is 1.27 bits per heavy atom. The van der Waals surface area contributed by atoms with E-state index in [4.69, 9.17) is 13.8 Å². The summed E-state index contributed by atoms with van der Waals surface area (Å²) in [6.45, 7) is 0. The molecule has 1 unspecified atom stereocenters. The van der Waals surface area contributed by atoms with Crippen LogP contribution in [0.4, 0.5) is 0 Å². The molecule has 0 saturated heterocycles. The SMILES string of the molecule is O=P(c1ccccc1)(c1ccccc1)c1cncc(-c2cccc3c2oc2ccc(-c4ccc5cc(-c6ccc(P(=O)(c7ccccc7)c7cncc(-c8cccc9c8oc8c(-c%10ccccn%10)cccc89)c7)cc6)ccc5c4)cc23)c1. The van der Waals surface area contributed by atoms with E-state index >= 15 is 9.13 Å². The summed E-state index contributed by atoms with van der Waals surface area (Å²) in [5.41, 5.74) is 12.4. The second kappa shape index (κ2) is 20.0. The zero-order chi connectivity index (χ0) is 54.8. The highest BCUT2D eigenvalue weighted by atomic mass is 31.2. The molecular formula is C73H47N3O4P2. The number of hydrogen-bond acceptors (Lipinski definition) is 7. The summed E-state index contributed by atoms with van der Waals surface area (Å²) < 4.78 is 44.7. The van der Waals surface area contributed by atoms with Gasteiger partial charge in [0.05, 0.1) is 5.69 Å². The van der Waals surface area contributed by atoms with Gasteiger partial charge in [0.25, 0.3) is 0 Å². The van der Waals surface area contributed by atoms with Gasteiger partial charge in [-0.3, -0.25) is 15.0 Å². The van der Waals surface area contributed by atoms with E-state index in [0.717, 1.165) is 126 Å². The van der Waals surface area contributed by atoms with Gasteiger partial charge in [0.15, 0.2) is 14.3 Å². The molecule has 0 amide bonds. The molecule has 0 fully saturated rings. The predicted octanol–water partition coefficient (Wildman–Crippen LogP) is 16.4. The van der Waals surface area contributed by atoms with Crippen LogP contribution in [0.15, 0.2) is 295 Å². The van der Waals surface area contributed by atoms with Gasteiger partial charge < -0.3 is 18.0 Å². The number of pyridine rings is 3. The lowest BCUT2D eigenvalue weighted by Gasteiger charge is -2.21. The molecule has 0 saturated carbocycles. The first-order valence-corrected chi connectivity index (χ1v) is 30.5. The van der Waals surface area contributed by atoms with Crippen LogP contribution in [0, 0.1) is 0 Å². The molecule has 0 radical (unpaired) electrons. The van der Waals surface area contributed by atoms with E-state index in [1.54, 1.807) is 18.6 Å². The molecular weight excluding hydrogens is 1040 g/mol. The predicted molar refractivity (Wildman–Crippen MR) is 338 cm³/mol. The summed E-state index contributed by atoms with van der Waals surface area (Å²) in [5, 5.41) is 10.5. The third-order valence-corrected chi connectivity index (χ3v) is 21.9. The van der Waals surface area contributed by atoms with Gasteiger partial charge in [-0.1, -0.05) is 200 Å². The van der Waals surface area contributed by atoms with Gasteiger partial charge in [0.2, 0.25) is 0 Å². The van der Waals surface area contributed by atoms with Gasteiger partial charge in [0.1, 0.15) is 22.3 Å². The lowest BCUT2D eigenvalue weighted by Crippen LogP contribution is -2.25. The summed E-state index contributed by atoms with van der Waals surface area (Å²) in [5.74, 6) is 0. The van der Waals surface area contributed by atoms with Crippen LogP contribution in [0.1, 0.15) is 0 Å². The van der Waals surface area contributed by atoms with E-state index in [0.29, 0.717) is 15.9 Å². The molecule has 0 aliphatic carbocycles. The Morgan fingerprint density at radius 2 is 0.732 bits per heavy atom. The minimum absolute atomic E-state index is 0.633. The third kappa shape index (κ3) is 8.24. The summed E-state index contributed by atoms with van der Waals surface area (Å²) >= 11 is 0. The Bertz CT molecular complexity index is 5000. The van der Waals surface area contributed by atoms with Crippen LogP contribution in [-0.4, -0.2) is 15.0 Å². The Labute approximate surface area is 472 Å². The van der Waals surface area contributed by atoms with Crippen molar-refractivity contribution in [3.63, 3.8) is 0 Å². The highest BCUT2D eigenvalue weighted by Gasteiger charge is 2.32. The minimum Gasteiger partial charge on any atom is -0.455 e. The largest absolute Gasteiger partial charge is 0.455 e. The van der Waals surface area contributed by atoms with Crippen molar-refractivity contribution < 1.29 is 18.0 Å². The number of aromatic nitrogens is 3. The first-order chi connectivity index (χ1) is 40.4. The van der Waals surface area contributed by atoms with Gasteiger partial charge in [-0.2, -0.15) is 0 Å². The van der Waals surface area contributed by atoms with Crippen molar-refractivity contribution in [1.82, 2.24) is 15.0 Å². The molecule has 0 spiro atoms. The number of benzene rings is 10. The zero-order valence-electron chi connectivity index (χ0n) is 44.0. The topological polar surface area (TPSA) is 99.1 Å². The van der Waals surface area contributed by atoms with E-state index in [2.05, 4.69) is 88.8 Å². The average molecular weight is 1090 g/mol. The van der Waals surface area contributed by atoms with Gasteiger partial charge >= 0.3 is 0 Å². The average Bonchev–Trinajstić information content (AvgIpc) is 4.27. The van der Waals surface area contributed by atoms with Crippen LogP contribution in [0.3, 0.4) is 0 Å². The highest BCUT2D eigenvalue weighted by Crippen LogP contribution is 2.47. The van der Waals surface area contributed by atoms with Crippen molar-refractivity contribution in [1.29, 1.82) is 0 Å². The van der Waals surface area contributed by atoms with E-state index in [1.807, 2.05) is 188 Å². The van der Waals surface area contributed by atoms with Crippen LogP contribution in [0.5, 0.6) is 0 Å². The normalized spacial score (nSPS) is 12.6. The maximum Gasteiger partial charge on any atom is 0.172 e. The lowest BCUT2D eigenvalue weighted by atomic mass is 9.97. The molecule has 0 aliphatic rings. The van der Waals surface area contributed by atoms with Gasteiger partial charge in [-0.15, -0.1) is 0 Å². The van der Waals surface area contributed by atoms with Crippen LogP contribution >= 0.6 is 14.3 Å². The second-order valence-electron chi connectivity index (χ2n) is 20.6. The van der Waals surface area contributed by atoms with E-state index < -0.39 is 14.3 Å². The van der Waals surface area contributed by atoms with Crippen molar-refractivity contribution >= 4 is 101 Å². The number of fused-ring (bicyclic) bond motifs is 7. The van der Waals surface area contributed by atoms with Crippen molar-refractivity contribution in [2.24, 2.45) is 0 Å². The molecule has 7 nitrogen and oxygen atoms in total. The van der Waals surface area contributed by atoms with Gasteiger partial charge in [-0.25, -0.2) is 0 Å². The van der Waals surface area contributed by atoms with E-state index in [9.17, 15) is 0 Å². The second-order valence-corrected chi connectivity index (χ2v) is 26.1. The maximum atomic E-state index is 16.0. The van der Waals surface area contributed by atoms with Gasteiger partial charge in [-0.05, 0) is 87.6 Å². The molecule has 5 aromatic heterocycles. The molecule has 10 aromatic carbocycles. The number of hydrogen-bond donors (Lipinski definition) is 0. The molecule has 9 heteroatoms. The van der Waals surface area contributed by atoms with Crippen LogP contribution in [-0.2, 0) is 9.13 Å². The van der Waals surface area contributed by atoms with Gasteiger partial charge in [0, 0.05) is 112 Å². The third-order valence-electron chi connectivity index (χ3n) is 15.9. The minimum atomic E-state index is -3.43. The summed E-state index contributed by atoms with van der Waals surface area (Å²) in [7, 11) is -6.68. The Morgan fingerprint density at radius 1 is 0.293 bits per heavy atom. The number of para-hydroxylation sites is 3. The Kier molecular flexibility index (Phi) is 11.9. The molecule has 15 rings (SSSR count). The molecule has 0 N–H and O–H groups in total. The first-order valence-electron chi connectivity index (χ1n) is 27.1. The van der Waals surface area contributed by atoms with Crippen molar-refractivity contribution in [2.75, 3.05) is 0 Å². The van der Waals surface area contributed by atoms with Crippen molar-refractivity contribution in [3.8, 4) is 55.8 Å². The standard InChI is InChI=1S/C73H47N3O4P2/c77-81(56-15-4-1-5-16-56,57-17-6-2-7-18-57)60-41-54(44-74-46-60)62-21-13-25-66-68-43-53(34-37-70(68)79-71(62)66)52-31-30-50-39-49(28-29-51(50)40-52)48-32-35-59(36-33-48)82(78,58-19-8-3-9-20-58)61-42-55(45-75-47-61)63-22-12-23-64-65-24-14-26-67(73(65)80-72(63)64)69-27-10-11-38-76-69/h1-47H. The van der Waals surface area contributed by atoms with Crippen molar-refractivity contribution in [3.05, 3.63) is 286 Å². The Balaban J connectivity index is 0.729. The van der Waals surface area contributed by atoms with Crippen LogP contribution in [0.2, 0.25) is 0 Å². The molecule has 82 heavy (non-hydrogen) atoms. The monoisotopic (exact) mass is 1090 g/mol. The highest BCUT2D eigenvalue weighted by molar-refractivity contribution is 7.85. The summed E-state index contributed by atoms with van der Waals surface area (Å²) in [6.07, 6.45) is 8.91. The quantitative estimate of drug-likeness (QED) is 0.119. The van der Waals surface area contributed by atoms with E-state index in [-0.39, 0.29) is 0 Å². The molecule has 1 atom stereocenters. The van der Waals surface area contributed by atoms with E-state index in [1.165, 1.54) is 0 Å². The molecule has 15 aromatic rings. The number of rotatable bonds is 11. The van der Waals surface area contributed by atoms with Crippen LogP contribution in [0.25, 0.3) is 110 Å². The smallest absolute Gasteiger partial charge is 0.172 e. The fraction of sp³-hybridized carbons (Fsp3) is 0. The first kappa shape index (κ1) is 49.0. The van der Waals surface area contributed by atoms with Crippen LogP contribution < -0.4 is 31.8 Å². The molecule has 5 heterocycles. The number of nitrogens with zero attached hydrogens (tertiary/aromatic N) is 3. The lowest BCUT2D eigenvalue weighted by molar-refractivity contribution is 0.591. The van der Waals surface area contributed by atoms with Crippen molar-refractivity contribution in [2.45, 2.75) is 0 Å². The maximum absolute atomic E-state index is 16.0. The number of furan rings is 2. The zero-order valence-corrected chi connectivity index (χ0v) is 45.8. The molecule has 0 bridgehead atoms. The molecule has 0 aliphatic heterocycles. The summed E-state index contributed by atoms with van der Waals surface area (Å²) in [4.78, 5) is 14.0. The fourth-order valence-electron chi connectivity index (χ4n) is 11.7. The fourth-order valence-corrected chi connectivity index (χ4v) is 17.0.